The molecule has 0 saturated heterocycles. The van der Waals surface area contributed by atoms with Gasteiger partial charge in [0.25, 0.3) is 0 Å². The summed E-state index contributed by atoms with van der Waals surface area (Å²) < 4.78 is 4.40. The molecule has 1 atom stereocenters. The average molecular weight is 212 g/mol. The topological polar surface area (TPSA) is 46.5 Å². The smallest absolute Gasteiger partial charge is 0.335 e. The molecule has 0 aliphatic heterocycles. The zero-order chi connectivity index (χ0) is 10.4. The number of hydrogen-bond acceptors (Lipinski definition) is 4. The van der Waals surface area contributed by atoms with Crippen molar-refractivity contribution in [3.63, 3.8) is 0 Å². The molecule has 0 radical (unpaired) electrons. The first-order valence-electron chi connectivity index (χ1n) is 4.18. The van der Waals surface area contributed by atoms with Gasteiger partial charge in [0.05, 0.1) is 7.11 Å². The molecule has 1 aromatic rings. The van der Waals surface area contributed by atoms with Crippen LogP contribution in [0.1, 0.15) is 0 Å². The molecular weight excluding hydrogens is 200 g/mol. The monoisotopic (exact) mass is 212 g/mol. The molecule has 0 amide bonds. The van der Waals surface area contributed by atoms with Gasteiger partial charge in [-0.05, 0) is 12.1 Å². The summed E-state index contributed by atoms with van der Waals surface area (Å²) in [5.74, 6) is -0.273. The van der Waals surface area contributed by atoms with E-state index in [-0.39, 0.29) is 0 Å². The lowest BCUT2D eigenvalue weighted by atomic mass is 10.4. The number of aliphatic hydroxyl groups is 1. The molecule has 0 aliphatic rings. The molecule has 1 aromatic carbocycles. The second-order valence-electron chi connectivity index (χ2n) is 2.66. The minimum absolute atomic E-state index is 0.316. The maximum atomic E-state index is 10.8. The van der Waals surface area contributed by atoms with Gasteiger partial charge in [-0.3, -0.25) is 0 Å². The van der Waals surface area contributed by atoms with E-state index >= 15 is 0 Å². The largest absolute Gasteiger partial charge is 0.467 e. The van der Waals surface area contributed by atoms with Crippen LogP contribution < -0.4 is 0 Å². The van der Waals surface area contributed by atoms with E-state index in [0.29, 0.717) is 5.75 Å². The minimum Gasteiger partial charge on any atom is -0.467 e. The molecule has 0 fully saturated rings. The van der Waals surface area contributed by atoms with Crippen LogP contribution in [-0.4, -0.2) is 30.0 Å². The molecule has 3 nitrogen and oxygen atoms in total. The van der Waals surface area contributed by atoms with Gasteiger partial charge in [0, 0.05) is 10.6 Å². The van der Waals surface area contributed by atoms with Gasteiger partial charge in [0.15, 0.2) is 6.10 Å². The van der Waals surface area contributed by atoms with E-state index in [0.717, 1.165) is 4.90 Å². The van der Waals surface area contributed by atoms with Crippen LogP contribution in [0.4, 0.5) is 0 Å². The Morgan fingerprint density at radius 1 is 1.50 bits per heavy atom. The molecule has 0 heterocycles. The molecule has 0 spiro atoms. The quantitative estimate of drug-likeness (QED) is 0.604. The van der Waals surface area contributed by atoms with Gasteiger partial charge >= 0.3 is 5.97 Å². The van der Waals surface area contributed by atoms with E-state index < -0.39 is 12.1 Å². The lowest BCUT2D eigenvalue weighted by Crippen LogP contribution is -2.23. The summed E-state index contributed by atoms with van der Waals surface area (Å²) >= 11 is 1.42. The van der Waals surface area contributed by atoms with E-state index in [1.165, 1.54) is 18.9 Å². The van der Waals surface area contributed by atoms with Crippen LogP contribution in [0, 0.1) is 0 Å². The van der Waals surface area contributed by atoms with E-state index in [4.69, 9.17) is 0 Å². The molecule has 0 unspecified atom stereocenters. The Bertz CT molecular complexity index is 287. The molecule has 4 heteroatoms. The third-order valence-corrected chi connectivity index (χ3v) is 2.71. The maximum absolute atomic E-state index is 10.8. The molecule has 1 N–H and O–H groups in total. The van der Waals surface area contributed by atoms with Crippen molar-refractivity contribution >= 4 is 17.7 Å². The first-order chi connectivity index (χ1) is 6.74. The molecule has 76 valence electrons. The molecule has 0 aliphatic carbocycles. The summed E-state index contributed by atoms with van der Waals surface area (Å²) in [7, 11) is 1.26. The molecule has 1 rings (SSSR count). The van der Waals surface area contributed by atoms with E-state index in [1.807, 2.05) is 30.3 Å². The predicted molar refractivity (Wildman–Crippen MR) is 55.2 cm³/mol. The summed E-state index contributed by atoms with van der Waals surface area (Å²) in [6.07, 6.45) is -1.05. The van der Waals surface area contributed by atoms with Crippen LogP contribution in [0.3, 0.4) is 0 Å². The van der Waals surface area contributed by atoms with Crippen molar-refractivity contribution in [2.45, 2.75) is 11.0 Å². The number of esters is 1. The fourth-order valence-corrected chi connectivity index (χ4v) is 1.73. The van der Waals surface area contributed by atoms with E-state index in [2.05, 4.69) is 4.74 Å². The van der Waals surface area contributed by atoms with Crippen molar-refractivity contribution in [3.05, 3.63) is 30.3 Å². The van der Waals surface area contributed by atoms with Crippen LogP contribution >= 0.6 is 11.8 Å². The summed E-state index contributed by atoms with van der Waals surface area (Å²) in [4.78, 5) is 11.9. The summed E-state index contributed by atoms with van der Waals surface area (Å²) in [5.41, 5.74) is 0. The van der Waals surface area contributed by atoms with Crippen molar-refractivity contribution < 1.29 is 14.6 Å². The van der Waals surface area contributed by atoms with Crippen LogP contribution in [-0.2, 0) is 9.53 Å². The second-order valence-corrected chi connectivity index (χ2v) is 3.76. The SMILES string of the molecule is COC(=O)[C@@H](O)CSc1ccccc1. The summed E-state index contributed by atoms with van der Waals surface area (Å²) in [6.45, 7) is 0. The van der Waals surface area contributed by atoms with E-state index in [9.17, 15) is 9.90 Å². The number of hydrogen-bond donors (Lipinski definition) is 1. The van der Waals surface area contributed by atoms with Crippen molar-refractivity contribution in [2.75, 3.05) is 12.9 Å². The number of ether oxygens (including phenoxy) is 1. The molecule has 0 saturated carbocycles. The van der Waals surface area contributed by atoms with Gasteiger partial charge in [-0.2, -0.15) is 0 Å². The van der Waals surface area contributed by atoms with Crippen LogP contribution in [0.25, 0.3) is 0 Å². The van der Waals surface area contributed by atoms with E-state index in [1.54, 1.807) is 0 Å². The number of thioether (sulfide) groups is 1. The van der Waals surface area contributed by atoms with Crippen molar-refractivity contribution in [3.8, 4) is 0 Å². The number of methoxy groups -OCH3 is 1. The predicted octanol–water partition coefficient (Wildman–Crippen LogP) is 1.31. The third kappa shape index (κ3) is 3.40. The van der Waals surface area contributed by atoms with Crippen LogP contribution in [0.5, 0.6) is 0 Å². The first-order valence-corrected chi connectivity index (χ1v) is 5.16. The number of carbonyl (C=O) groups is 1. The normalized spacial score (nSPS) is 12.1. The van der Waals surface area contributed by atoms with Crippen molar-refractivity contribution in [1.82, 2.24) is 0 Å². The zero-order valence-electron chi connectivity index (χ0n) is 7.84. The lowest BCUT2D eigenvalue weighted by molar-refractivity contribution is -0.149. The van der Waals surface area contributed by atoms with Gasteiger partial charge < -0.3 is 9.84 Å². The highest BCUT2D eigenvalue weighted by molar-refractivity contribution is 7.99. The highest BCUT2D eigenvalue weighted by atomic mass is 32.2. The second kappa shape index (κ2) is 5.67. The van der Waals surface area contributed by atoms with Crippen LogP contribution in [0.2, 0.25) is 0 Å². The first kappa shape index (κ1) is 11.1. The molecule has 0 bridgehead atoms. The Morgan fingerprint density at radius 3 is 2.71 bits per heavy atom. The number of carbonyl (C=O) groups excluding carboxylic acids is 1. The summed E-state index contributed by atoms with van der Waals surface area (Å²) in [5, 5.41) is 9.28. The fraction of sp³-hybridized carbons (Fsp3) is 0.300. The third-order valence-electron chi connectivity index (χ3n) is 1.62. The average Bonchev–Trinajstić information content (AvgIpc) is 2.26. The molecular formula is C10H12O3S. The van der Waals surface area contributed by atoms with Crippen molar-refractivity contribution in [1.29, 1.82) is 0 Å². The standard InChI is InChI=1S/C10H12O3S/c1-13-10(12)9(11)7-14-8-5-3-2-4-6-8/h2-6,9,11H,7H2,1H3/t9-/m0/s1. The minimum atomic E-state index is -1.05. The highest BCUT2D eigenvalue weighted by Crippen LogP contribution is 2.17. The summed E-state index contributed by atoms with van der Waals surface area (Å²) in [6, 6.07) is 9.59. The Morgan fingerprint density at radius 2 is 2.14 bits per heavy atom. The lowest BCUT2D eigenvalue weighted by Gasteiger charge is -2.07. The maximum Gasteiger partial charge on any atom is 0.335 e. The Kier molecular flexibility index (Phi) is 4.49. The molecule has 0 aromatic heterocycles. The Balaban J connectivity index is 2.38. The van der Waals surface area contributed by atoms with Gasteiger partial charge in [-0.1, -0.05) is 18.2 Å². The van der Waals surface area contributed by atoms with Crippen molar-refractivity contribution in [2.24, 2.45) is 0 Å². The molecule has 14 heavy (non-hydrogen) atoms. The fourth-order valence-electron chi connectivity index (χ4n) is 0.896. The van der Waals surface area contributed by atoms with Gasteiger partial charge in [-0.15, -0.1) is 11.8 Å². The van der Waals surface area contributed by atoms with Gasteiger partial charge in [0.2, 0.25) is 0 Å². The van der Waals surface area contributed by atoms with Gasteiger partial charge in [0.1, 0.15) is 0 Å². The van der Waals surface area contributed by atoms with Gasteiger partial charge in [-0.25, -0.2) is 4.79 Å². The zero-order valence-corrected chi connectivity index (χ0v) is 8.66. The van der Waals surface area contributed by atoms with Crippen LogP contribution in [0.15, 0.2) is 35.2 Å². The Labute approximate surface area is 87.1 Å². The Hall–Kier alpha value is -1.00. The highest BCUT2D eigenvalue weighted by Gasteiger charge is 2.14. The number of aliphatic hydroxyl groups excluding tert-OH is 1. The number of benzene rings is 1. The number of rotatable bonds is 4.